The van der Waals surface area contributed by atoms with Crippen molar-refractivity contribution in [3.05, 3.63) is 17.5 Å². The Morgan fingerprint density at radius 1 is 1.21 bits per heavy atom. The first kappa shape index (κ1) is 13.1. The van der Waals surface area contributed by atoms with Crippen LogP contribution in [0.1, 0.15) is 42.9 Å². The molecule has 4 heteroatoms. The number of likely N-dealkylation sites (tertiary alicyclic amines) is 2. The van der Waals surface area contributed by atoms with Gasteiger partial charge in [0.05, 0.1) is 6.20 Å². The van der Waals surface area contributed by atoms with Gasteiger partial charge in [-0.15, -0.1) is 0 Å². The van der Waals surface area contributed by atoms with Crippen molar-refractivity contribution in [1.82, 2.24) is 20.0 Å². The maximum atomic E-state index is 4.19. The molecular formula is C15H26N4. The average molecular weight is 262 g/mol. The Morgan fingerprint density at radius 2 is 2.00 bits per heavy atom. The summed E-state index contributed by atoms with van der Waals surface area (Å²) in [6, 6.07) is 0.808. The molecule has 0 aromatic carbocycles. The Bertz CT molecular complexity index is 406. The number of aryl methyl sites for hydroxylation is 1. The molecule has 3 heterocycles. The van der Waals surface area contributed by atoms with Crippen molar-refractivity contribution in [2.45, 2.75) is 44.6 Å². The molecule has 2 fully saturated rings. The van der Waals surface area contributed by atoms with Crippen molar-refractivity contribution in [3.8, 4) is 0 Å². The molecule has 1 unspecified atom stereocenters. The van der Waals surface area contributed by atoms with Crippen LogP contribution in [0.2, 0.25) is 0 Å². The van der Waals surface area contributed by atoms with E-state index in [4.69, 9.17) is 0 Å². The predicted octanol–water partition coefficient (Wildman–Crippen LogP) is 1.99. The van der Waals surface area contributed by atoms with Crippen LogP contribution in [-0.4, -0.2) is 59.3 Å². The van der Waals surface area contributed by atoms with E-state index < -0.39 is 0 Å². The van der Waals surface area contributed by atoms with Gasteiger partial charge in [0.15, 0.2) is 0 Å². The smallest absolute Gasteiger partial charge is 0.0519 e. The fourth-order valence-corrected chi connectivity index (χ4v) is 3.70. The minimum absolute atomic E-state index is 0.663. The van der Waals surface area contributed by atoms with E-state index in [1.807, 2.05) is 6.20 Å². The van der Waals surface area contributed by atoms with Crippen LogP contribution in [0.4, 0.5) is 0 Å². The number of hydrogen-bond acceptors (Lipinski definition) is 3. The van der Waals surface area contributed by atoms with Crippen LogP contribution in [-0.2, 0) is 0 Å². The topological polar surface area (TPSA) is 35.2 Å². The lowest BCUT2D eigenvalue weighted by Gasteiger charge is -2.41. The lowest BCUT2D eigenvalue weighted by Crippen LogP contribution is -2.47. The zero-order chi connectivity index (χ0) is 13.2. The molecule has 3 rings (SSSR count). The minimum atomic E-state index is 0.663. The Morgan fingerprint density at radius 3 is 2.68 bits per heavy atom. The number of aromatic amines is 1. The summed E-state index contributed by atoms with van der Waals surface area (Å²) in [5, 5.41) is 7.41. The third-order valence-corrected chi connectivity index (χ3v) is 4.93. The molecule has 1 N–H and O–H groups in total. The van der Waals surface area contributed by atoms with E-state index in [2.05, 4.69) is 34.0 Å². The quantitative estimate of drug-likeness (QED) is 0.885. The van der Waals surface area contributed by atoms with Crippen LogP contribution in [0.25, 0.3) is 0 Å². The number of nitrogens with one attached hydrogen (secondary N) is 1. The summed E-state index contributed by atoms with van der Waals surface area (Å²) in [7, 11) is 2.24. The van der Waals surface area contributed by atoms with Crippen LogP contribution in [0.15, 0.2) is 6.20 Å². The van der Waals surface area contributed by atoms with Gasteiger partial charge in [-0.1, -0.05) is 0 Å². The van der Waals surface area contributed by atoms with E-state index in [1.54, 1.807) is 0 Å². The molecule has 1 atom stereocenters. The molecule has 0 spiro atoms. The van der Waals surface area contributed by atoms with Crippen molar-refractivity contribution in [3.63, 3.8) is 0 Å². The summed E-state index contributed by atoms with van der Waals surface area (Å²) < 4.78 is 0. The number of piperidine rings is 2. The second-order valence-corrected chi connectivity index (χ2v) is 6.34. The second-order valence-electron chi connectivity index (χ2n) is 6.34. The van der Waals surface area contributed by atoms with Crippen molar-refractivity contribution in [1.29, 1.82) is 0 Å². The highest BCUT2D eigenvalue weighted by atomic mass is 15.2. The second kappa shape index (κ2) is 5.63. The molecule has 1 aromatic rings. The standard InChI is InChI=1S/C15H26N4/c1-12-10-16-17-15(12)13-4-3-7-19(11-13)14-5-8-18(2)9-6-14/h10,13-14H,3-9,11H2,1-2H3,(H,16,17). The van der Waals surface area contributed by atoms with Gasteiger partial charge in [0.25, 0.3) is 0 Å². The summed E-state index contributed by atoms with van der Waals surface area (Å²) in [6.07, 6.45) is 7.28. The number of hydrogen-bond donors (Lipinski definition) is 1. The van der Waals surface area contributed by atoms with Crippen LogP contribution in [0.5, 0.6) is 0 Å². The molecule has 106 valence electrons. The molecular weight excluding hydrogens is 236 g/mol. The molecule has 0 saturated carbocycles. The highest BCUT2D eigenvalue weighted by Crippen LogP contribution is 2.30. The summed E-state index contributed by atoms with van der Waals surface area (Å²) in [5.74, 6) is 0.663. The largest absolute Gasteiger partial charge is 0.306 e. The molecule has 0 radical (unpaired) electrons. The Hall–Kier alpha value is -0.870. The van der Waals surface area contributed by atoms with Crippen LogP contribution >= 0.6 is 0 Å². The summed E-state index contributed by atoms with van der Waals surface area (Å²) in [5.41, 5.74) is 2.70. The SMILES string of the molecule is Cc1cn[nH]c1C1CCCN(C2CCN(C)CC2)C1. The van der Waals surface area contributed by atoms with Crippen LogP contribution in [0, 0.1) is 6.92 Å². The van der Waals surface area contributed by atoms with Crippen molar-refractivity contribution < 1.29 is 0 Å². The fraction of sp³-hybridized carbons (Fsp3) is 0.800. The van der Waals surface area contributed by atoms with E-state index in [9.17, 15) is 0 Å². The monoisotopic (exact) mass is 262 g/mol. The minimum Gasteiger partial charge on any atom is -0.306 e. The van der Waals surface area contributed by atoms with Crippen LogP contribution in [0.3, 0.4) is 0 Å². The van der Waals surface area contributed by atoms with Gasteiger partial charge in [0.1, 0.15) is 0 Å². The molecule has 2 aliphatic rings. The summed E-state index contributed by atoms with van der Waals surface area (Å²) in [4.78, 5) is 5.19. The number of rotatable bonds is 2. The Kier molecular flexibility index (Phi) is 3.89. The first-order chi connectivity index (χ1) is 9.24. The third kappa shape index (κ3) is 2.84. The summed E-state index contributed by atoms with van der Waals surface area (Å²) in [6.45, 7) is 7.20. The molecule has 2 saturated heterocycles. The molecule has 0 aliphatic carbocycles. The highest BCUT2D eigenvalue weighted by Gasteiger charge is 2.29. The fourth-order valence-electron chi connectivity index (χ4n) is 3.70. The zero-order valence-corrected chi connectivity index (χ0v) is 12.2. The van der Waals surface area contributed by atoms with Gasteiger partial charge in [-0.2, -0.15) is 5.10 Å². The maximum Gasteiger partial charge on any atom is 0.0519 e. The molecule has 19 heavy (non-hydrogen) atoms. The van der Waals surface area contributed by atoms with Gasteiger partial charge < -0.3 is 4.90 Å². The first-order valence-electron chi connectivity index (χ1n) is 7.66. The van der Waals surface area contributed by atoms with Crippen molar-refractivity contribution >= 4 is 0 Å². The first-order valence-corrected chi connectivity index (χ1v) is 7.66. The van der Waals surface area contributed by atoms with E-state index in [1.165, 1.54) is 63.1 Å². The van der Waals surface area contributed by atoms with Gasteiger partial charge >= 0.3 is 0 Å². The predicted molar refractivity (Wildman–Crippen MR) is 77.4 cm³/mol. The van der Waals surface area contributed by atoms with Crippen molar-refractivity contribution in [2.75, 3.05) is 33.2 Å². The zero-order valence-electron chi connectivity index (χ0n) is 12.2. The van der Waals surface area contributed by atoms with Gasteiger partial charge in [-0.05, 0) is 64.9 Å². The normalized spacial score (nSPS) is 27.8. The van der Waals surface area contributed by atoms with E-state index in [0.717, 1.165) is 6.04 Å². The lowest BCUT2D eigenvalue weighted by molar-refractivity contribution is 0.0932. The number of H-pyrrole nitrogens is 1. The molecule has 0 bridgehead atoms. The molecule has 0 amide bonds. The summed E-state index contributed by atoms with van der Waals surface area (Å²) >= 11 is 0. The van der Waals surface area contributed by atoms with Crippen LogP contribution < -0.4 is 0 Å². The van der Waals surface area contributed by atoms with E-state index in [-0.39, 0.29) is 0 Å². The van der Waals surface area contributed by atoms with E-state index in [0.29, 0.717) is 5.92 Å². The van der Waals surface area contributed by atoms with Gasteiger partial charge in [-0.25, -0.2) is 0 Å². The maximum absolute atomic E-state index is 4.19. The third-order valence-electron chi connectivity index (χ3n) is 4.93. The number of aromatic nitrogens is 2. The molecule has 4 nitrogen and oxygen atoms in total. The van der Waals surface area contributed by atoms with Gasteiger partial charge in [0.2, 0.25) is 0 Å². The van der Waals surface area contributed by atoms with Gasteiger partial charge in [0, 0.05) is 24.2 Å². The molecule has 1 aromatic heterocycles. The highest BCUT2D eigenvalue weighted by molar-refractivity contribution is 5.19. The van der Waals surface area contributed by atoms with E-state index >= 15 is 0 Å². The average Bonchev–Trinajstić information content (AvgIpc) is 2.86. The van der Waals surface area contributed by atoms with Crippen molar-refractivity contribution in [2.24, 2.45) is 0 Å². The Balaban J connectivity index is 1.63. The lowest BCUT2D eigenvalue weighted by atomic mass is 9.90. The van der Waals surface area contributed by atoms with Gasteiger partial charge in [-0.3, -0.25) is 10.00 Å². The Labute approximate surface area is 116 Å². The molecule has 2 aliphatic heterocycles. The number of nitrogens with zero attached hydrogens (tertiary/aromatic N) is 3.